The highest BCUT2D eigenvalue weighted by atomic mass is 32.2. The van der Waals surface area contributed by atoms with Crippen LogP contribution in [0.4, 0.5) is 0 Å². The number of ether oxygens (including phenoxy) is 1. The van der Waals surface area contributed by atoms with Crippen LogP contribution < -0.4 is 5.32 Å². The van der Waals surface area contributed by atoms with Gasteiger partial charge in [-0.15, -0.1) is 0 Å². The van der Waals surface area contributed by atoms with Crippen LogP contribution in [0.2, 0.25) is 0 Å². The van der Waals surface area contributed by atoms with Gasteiger partial charge in [0.05, 0.1) is 18.9 Å². The first kappa shape index (κ1) is 20.2. The molecule has 1 fully saturated rings. The summed E-state index contributed by atoms with van der Waals surface area (Å²) in [6, 6.07) is -1.34. The van der Waals surface area contributed by atoms with Gasteiger partial charge in [0.1, 0.15) is 24.4 Å². The molecule has 1 saturated heterocycles. The number of hydrogen-bond donors (Lipinski definition) is 5. The zero-order valence-electron chi connectivity index (χ0n) is 13.0. The van der Waals surface area contributed by atoms with E-state index in [4.69, 9.17) is 9.84 Å². The Balaban J connectivity index is 2.73. The standard InChI is InChI=1S/C12H24N2O8S/c1-3-14(23(20,21)4-2)5-8(16)13-9-11(18)10(17)7(6-15)22-12(9)19/h7,9-12,15,17-19H,3-6H2,1-2H3,(H,13,16). The molecule has 1 rings (SSSR count). The van der Waals surface area contributed by atoms with Crippen LogP contribution in [0.25, 0.3) is 0 Å². The molecule has 136 valence electrons. The Morgan fingerprint density at radius 3 is 2.30 bits per heavy atom. The van der Waals surface area contributed by atoms with E-state index in [0.717, 1.165) is 4.31 Å². The first-order valence-electron chi connectivity index (χ1n) is 7.25. The van der Waals surface area contributed by atoms with Crippen LogP contribution in [-0.2, 0) is 19.6 Å². The molecule has 10 nitrogen and oxygen atoms in total. The van der Waals surface area contributed by atoms with Gasteiger partial charge in [-0.05, 0) is 6.92 Å². The van der Waals surface area contributed by atoms with Crippen LogP contribution in [-0.4, -0.2) is 95.1 Å². The van der Waals surface area contributed by atoms with Gasteiger partial charge < -0.3 is 30.5 Å². The van der Waals surface area contributed by atoms with Gasteiger partial charge in [-0.1, -0.05) is 6.92 Å². The quantitative estimate of drug-likeness (QED) is 0.315. The number of amides is 1. The van der Waals surface area contributed by atoms with Crippen molar-refractivity contribution in [2.24, 2.45) is 0 Å². The molecule has 1 aliphatic heterocycles. The van der Waals surface area contributed by atoms with Gasteiger partial charge in [0.15, 0.2) is 6.29 Å². The molecular formula is C12H24N2O8S. The monoisotopic (exact) mass is 356 g/mol. The minimum atomic E-state index is -3.56. The van der Waals surface area contributed by atoms with E-state index in [1.54, 1.807) is 6.92 Å². The zero-order valence-corrected chi connectivity index (χ0v) is 13.8. The van der Waals surface area contributed by atoms with E-state index in [2.05, 4.69) is 5.32 Å². The lowest BCUT2D eigenvalue weighted by atomic mass is 9.97. The average molecular weight is 356 g/mol. The lowest BCUT2D eigenvalue weighted by molar-refractivity contribution is -0.253. The van der Waals surface area contributed by atoms with Crippen molar-refractivity contribution in [3.05, 3.63) is 0 Å². The third kappa shape index (κ3) is 4.83. The zero-order chi connectivity index (χ0) is 17.8. The molecule has 11 heteroatoms. The molecule has 5 N–H and O–H groups in total. The van der Waals surface area contributed by atoms with Crippen molar-refractivity contribution in [2.45, 2.75) is 44.5 Å². The van der Waals surface area contributed by atoms with Crippen molar-refractivity contribution >= 4 is 15.9 Å². The van der Waals surface area contributed by atoms with E-state index in [-0.39, 0.29) is 12.3 Å². The maximum Gasteiger partial charge on any atom is 0.235 e. The van der Waals surface area contributed by atoms with Gasteiger partial charge >= 0.3 is 0 Å². The number of nitrogens with zero attached hydrogens (tertiary/aromatic N) is 1. The Kier molecular flexibility index (Phi) is 7.32. The Hall–Kier alpha value is -0.820. The van der Waals surface area contributed by atoms with E-state index >= 15 is 0 Å². The second-order valence-corrected chi connectivity index (χ2v) is 7.41. The number of carbonyl (C=O) groups is 1. The smallest absolute Gasteiger partial charge is 0.235 e. The largest absolute Gasteiger partial charge is 0.394 e. The fraction of sp³-hybridized carbons (Fsp3) is 0.917. The highest BCUT2D eigenvalue weighted by Gasteiger charge is 2.44. The summed E-state index contributed by atoms with van der Waals surface area (Å²) in [5, 5.41) is 40.6. The summed E-state index contributed by atoms with van der Waals surface area (Å²) in [6.07, 6.45) is -5.90. The molecule has 0 spiro atoms. The van der Waals surface area contributed by atoms with Crippen molar-refractivity contribution in [3.63, 3.8) is 0 Å². The van der Waals surface area contributed by atoms with E-state index < -0.39 is 59.7 Å². The summed E-state index contributed by atoms with van der Waals surface area (Å²) in [7, 11) is -3.56. The molecule has 1 aliphatic rings. The Bertz CT molecular complexity index is 499. The van der Waals surface area contributed by atoms with Crippen LogP contribution in [0.1, 0.15) is 13.8 Å². The fourth-order valence-electron chi connectivity index (χ4n) is 2.23. The first-order chi connectivity index (χ1) is 10.7. The maximum atomic E-state index is 12.0. The maximum absolute atomic E-state index is 12.0. The van der Waals surface area contributed by atoms with E-state index in [1.807, 2.05) is 0 Å². The van der Waals surface area contributed by atoms with Crippen molar-refractivity contribution in [1.82, 2.24) is 9.62 Å². The normalized spacial score (nSPS) is 32.0. The highest BCUT2D eigenvalue weighted by Crippen LogP contribution is 2.19. The average Bonchev–Trinajstić information content (AvgIpc) is 2.52. The topological polar surface area (TPSA) is 157 Å². The second-order valence-electron chi connectivity index (χ2n) is 5.15. The Morgan fingerprint density at radius 1 is 1.22 bits per heavy atom. The number of carbonyl (C=O) groups excluding carboxylic acids is 1. The third-order valence-electron chi connectivity index (χ3n) is 3.66. The molecule has 0 bridgehead atoms. The van der Waals surface area contributed by atoms with Gasteiger partial charge in [0.2, 0.25) is 15.9 Å². The molecule has 5 unspecified atom stereocenters. The molecule has 0 saturated carbocycles. The van der Waals surface area contributed by atoms with Crippen LogP contribution >= 0.6 is 0 Å². The van der Waals surface area contributed by atoms with Crippen molar-refractivity contribution in [2.75, 3.05) is 25.4 Å². The summed E-state index contributed by atoms with van der Waals surface area (Å²) in [5.41, 5.74) is 0. The minimum Gasteiger partial charge on any atom is -0.394 e. The third-order valence-corrected chi connectivity index (χ3v) is 5.56. The number of likely N-dealkylation sites (N-methyl/N-ethyl adjacent to an activating group) is 1. The summed E-state index contributed by atoms with van der Waals surface area (Å²) < 4.78 is 29.4. The van der Waals surface area contributed by atoms with Crippen LogP contribution in [0.3, 0.4) is 0 Å². The first-order valence-corrected chi connectivity index (χ1v) is 8.86. The minimum absolute atomic E-state index is 0.0884. The molecule has 0 aromatic carbocycles. The Morgan fingerprint density at radius 2 is 1.83 bits per heavy atom. The molecule has 1 amide bonds. The van der Waals surface area contributed by atoms with Crippen LogP contribution in [0.5, 0.6) is 0 Å². The summed E-state index contributed by atoms with van der Waals surface area (Å²) >= 11 is 0. The Labute approximate surface area is 134 Å². The van der Waals surface area contributed by atoms with Gasteiger partial charge in [0, 0.05) is 6.54 Å². The van der Waals surface area contributed by atoms with E-state index in [9.17, 15) is 28.5 Å². The molecule has 1 heterocycles. The summed E-state index contributed by atoms with van der Waals surface area (Å²) in [5.74, 6) is -0.923. The highest BCUT2D eigenvalue weighted by molar-refractivity contribution is 7.89. The van der Waals surface area contributed by atoms with Crippen LogP contribution in [0, 0.1) is 0 Å². The van der Waals surface area contributed by atoms with Crippen LogP contribution in [0.15, 0.2) is 0 Å². The molecule has 0 radical (unpaired) electrons. The number of sulfonamides is 1. The molecule has 0 aromatic rings. The predicted molar refractivity (Wildman–Crippen MR) is 78.6 cm³/mol. The molecule has 5 atom stereocenters. The second kappa shape index (κ2) is 8.33. The molecule has 23 heavy (non-hydrogen) atoms. The number of aliphatic hydroxyl groups is 4. The number of aliphatic hydroxyl groups excluding tert-OH is 4. The van der Waals surface area contributed by atoms with E-state index in [1.165, 1.54) is 6.92 Å². The molecule has 0 aromatic heterocycles. The molecule has 0 aliphatic carbocycles. The lowest BCUT2D eigenvalue weighted by Crippen LogP contribution is -2.64. The van der Waals surface area contributed by atoms with Crippen molar-refractivity contribution in [3.8, 4) is 0 Å². The van der Waals surface area contributed by atoms with Gasteiger partial charge in [-0.25, -0.2) is 8.42 Å². The molecular weight excluding hydrogens is 332 g/mol. The predicted octanol–water partition coefficient (Wildman–Crippen LogP) is -3.43. The lowest BCUT2D eigenvalue weighted by Gasteiger charge is -2.40. The summed E-state index contributed by atoms with van der Waals surface area (Å²) in [4.78, 5) is 12.0. The van der Waals surface area contributed by atoms with Gasteiger partial charge in [-0.3, -0.25) is 4.79 Å². The number of rotatable bonds is 7. The SMILES string of the molecule is CCN(CC(=O)NC1C(O)OC(CO)C(O)C1O)S(=O)(=O)CC. The van der Waals surface area contributed by atoms with E-state index in [0.29, 0.717) is 0 Å². The number of hydrogen-bond acceptors (Lipinski definition) is 8. The van der Waals surface area contributed by atoms with Gasteiger partial charge in [-0.2, -0.15) is 4.31 Å². The summed E-state index contributed by atoms with van der Waals surface area (Å²) in [6.45, 7) is 2.01. The van der Waals surface area contributed by atoms with Crippen molar-refractivity contribution < 1.29 is 38.4 Å². The van der Waals surface area contributed by atoms with Gasteiger partial charge in [0.25, 0.3) is 0 Å². The fourth-order valence-corrected chi connectivity index (χ4v) is 3.31. The van der Waals surface area contributed by atoms with Crippen molar-refractivity contribution in [1.29, 1.82) is 0 Å². The number of nitrogens with one attached hydrogen (secondary N) is 1.